The third-order valence-corrected chi connectivity index (χ3v) is 4.59. The van der Waals surface area contributed by atoms with Crippen molar-refractivity contribution in [3.05, 3.63) is 70.7 Å². The van der Waals surface area contributed by atoms with Crippen molar-refractivity contribution >= 4 is 28.3 Å². The van der Waals surface area contributed by atoms with Gasteiger partial charge in [-0.1, -0.05) is 43.0 Å². The molecule has 142 valence electrons. The van der Waals surface area contributed by atoms with Gasteiger partial charge in [-0.3, -0.25) is 0 Å². The summed E-state index contributed by atoms with van der Waals surface area (Å²) in [5, 5.41) is 3.58. The number of hydrogen-bond acceptors (Lipinski definition) is 3. The fourth-order valence-electron chi connectivity index (χ4n) is 2.58. The number of benzene rings is 2. The summed E-state index contributed by atoms with van der Waals surface area (Å²) in [5.41, 5.74) is 2.53. The van der Waals surface area contributed by atoms with E-state index >= 15 is 0 Å². The molecule has 0 aliphatic rings. The van der Waals surface area contributed by atoms with Crippen LogP contribution in [0.3, 0.4) is 0 Å². The Morgan fingerprint density at radius 3 is 2.58 bits per heavy atom. The lowest BCUT2D eigenvalue weighted by atomic mass is 10.1. The summed E-state index contributed by atoms with van der Waals surface area (Å²) in [6, 6.07) is 15.1. The molecular weight excluding hydrogens is 414 g/mol. The van der Waals surface area contributed by atoms with E-state index in [1.54, 1.807) is 13.2 Å². The quantitative estimate of drug-likeness (QED) is 0.491. The monoisotopic (exact) mass is 439 g/mol. The fraction of sp³-hybridized carbons (Fsp3) is 0.333. The highest BCUT2D eigenvalue weighted by Crippen LogP contribution is 2.36. The lowest BCUT2D eigenvalue weighted by Crippen LogP contribution is -2.26. The van der Waals surface area contributed by atoms with Gasteiger partial charge in [0, 0.05) is 12.6 Å². The van der Waals surface area contributed by atoms with Crippen LogP contribution in [0.1, 0.15) is 24.5 Å². The van der Waals surface area contributed by atoms with Gasteiger partial charge in [0.05, 0.1) is 11.6 Å². The molecule has 0 fully saturated rings. The van der Waals surface area contributed by atoms with E-state index in [0.29, 0.717) is 18.4 Å². The van der Waals surface area contributed by atoms with E-state index in [4.69, 9.17) is 9.47 Å². The van der Waals surface area contributed by atoms with Crippen molar-refractivity contribution in [2.45, 2.75) is 32.4 Å². The average Bonchev–Trinajstić information content (AvgIpc) is 2.64. The molecule has 0 radical (unpaired) electrons. The molecule has 0 spiro atoms. The third kappa shape index (κ3) is 7.02. The van der Waals surface area contributed by atoms with E-state index in [1.807, 2.05) is 6.07 Å². The Kier molecular flexibility index (Phi) is 10.4. The first kappa shape index (κ1) is 22.6. The summed E-state index contributed by atoms with van der Waals surface area (Å²) >= 11 is 3.57. The molecule has 5 heteroatoms. The molecule has 1 atom stereocenters. The average molecular weight is 441 g/mol. The number of nitrogens with one attached hydrogen (secondary N) is 1. The van der Waals surface area contributed by atoms with Crippen molar-refractivity contribution in [1.29, 1.82) is 0 Å². The minimum atomic E-state index is 0. The minimum absolute atomic E-state index is 0. The molecular formula is C21H27BrClNO2. The van der Waals surface area contributed by atoms with Gasteiger partial charge in [0.1, 0.15) is 6.61 Å². The Hall–Kier alpha value is -1.49. The minimum Gasteiger partial charge on any atom is -0.493 e. The number of hydrogen-bond donors (Lipinski definition) is 1. The summed E-state index contributed by atoms with van der Waals surface area (Å²) in [7, 11) is 1.65. The summed E-state index contributed by atoms with van der Waals surface area (Å²) < 4.78 is 12.0. The Morgan fingerprint density at radius 1 is 1.19 bits per heavy atom. The second-order valence-electron chi connectivity index (χ2n) is 6.01. The van der Waals surface area contributed by atoms with Gasteiger partial charge in [-0.15, -0.1) is 12.4 Å². The van der Waals surface area contributed by atoms with Crippen molar-refractivity contribution < 1.29 is 9.47 Å². The largest absolute Gasteiger partial charge is 0.493 e. The molecule has 1 unspecified atom stereocenters. The van der Waals surface area contributed by atoms with E-state index in [0.717, 1.165) is 35.2 Å². The molecule has 0 saturated carbocycles. The first-order chi connectivity index (χ1) is 12.1. The molecule has 0 saturated heterocycles. The Morgan fingerprint density at radius 2 is 1.92 bits per heavy atom. The van der Waals surface area contributed by atoms with Crippen LogP contribution < -0.4 is 14.8 Å². The van der Waals surface area contributed by atoms with E-state index in [1.165, 1.54) is 5.56 Å². The van der Waals surface area contributed by atoms with E-state index in [9.17, 15) is 0 Å². The van der Waals surface area contributed by atoms with Crippen molar-refractivity contribution in [2.75, 3.05) is 13.7 Å². The Balaban J connectivity index is 0.00000338. The number of rotatable bonds is 10. The third-order valence-electron chi connectivity index (χ3n) is 4.00. The normalized spacial score (nSPS) is 11.3. The number of ether oxygens (including phenoxy) is 2. The predicted molar refractivity (Wildman–Crippen MR) is 115 cm³/mol. The molecule has 0 heterocycles. The van der Waals surface area contributed by atoms with Crippen molar-refractivity contribution in [1.82, 2.24) is 5.32 Å². The Labute approximate surface area is 171 Å². The van der Waals surface area contributed by atoms with Crippen LogP contribution in [0.2, 0.25) is 0 Å². The van der Waals surface area contributed by atoms with Crippen LogP contribution in [0.25, 0.3) is 0 Å². The summed E-state index contributed by atoms with van der Waals surface area (Å²) in [5.74, 6) is 1.44. The van der Waals surface area contributed by atoms with Gasteiger partial charge >= 0.3 is 0 Å². The van der Waals surface area contributed by atoms with Crippen molar-refractivity contribution in [3.63, 3.8) is 0 Å². The zero-order valence-electron chi connectivity index (χ0n) is 15.3. The first-order valence-corrected chi connectivity index (χ1v) is 9.30. The first-order valence-electron chi connectivity index (χ1n) is 8.51. The zero-order chi connectivity index (χ0) is 18.1. The SMILES string of the molecule is C=CCOc1c(Br)cc(CNC(C)CCc2ccccc2)cc1OC.Cl. The number of aryl methyl sites for hydroxylation is 1. The van der Waals surface area contributed by atoms with E-state index < -0.39 is 0 Å². The van der Waals surface area contributed by atoms with Crippen LogP contribution in [-0.4, -0.2) is 19.8 Å². The molecule has 2 aromatic carbocycles. The van der Waals surface area contributed by atoms with E-state index in [2.05, 4.69) is 71.1 Å². The topological polar surface area (TPSA) is 30.5 Å². The van der Waals surface area contributed by atoms with Crippen molar-refractivity contribution in [3.8, 4) is 11.5 Å². The van der Waals surface area contributed by atoms with Gasteiger partial charge in [-0.25, -0.2) is 0 Å². The molecule has 1 N–H and O–H groups in total. The van der Waals surface area contributed by atoms with Crippen LogP contribution in [0.5, 0.6) is 11.5 Å². The predicted octanol–water partition coefficient (Wildman–Crippen LogP) is 5.56. The second kappa shape index (κ2) is 12.0. The van der Waals surface area contributed by atoms with Crippen molar-refractivity contribution in [2.24, 2.45) is 0 Å². The molecule has 3 nitrogen and oxygen atoms in total. The molecule has 26 heavy (non-hydrogen) atoms. The molecule has 2 aromatic rings. The summed E-state index contributed by atoms with van der Waals surface area (Å²) in [6.45, 7) is 7.13. The highest BCUT2D eigenvalue weighted by Gasteiger charge is 2.12. The molecule has 0 aromatic heterocycles. The second-order valence-corrected chi connectivity index (χ2v) is 6.87. The van der Waals surface area contributed by atoms with Gasteiger partial charge in [0.25, 0.3) is 0 Å². The summed E-state index contributed by atoms with van der Waals surface area (Å²) in [6.07, 6.45) is 3.90. The van der Waals surface area contributed by atoms with Crippen LogP contribution in [0, 0.1) is 0 Å². The van der Waals surface area contributed by atoms with Crippen LogP contribution in [0.15, 0.2) is 59.6 Å². The van der Waals surface area contributed by atoms with Gasteiger partial charge in [-0.05, 0) is 59.0 Å². The van der Waals surface area contributed by atoms with Gasteiger partial charge in [-0.2, -0.15) is 0 Å². The van der Waals surface area contributed by atoms with Crippen LogP contribution in [0.4, 0.5) is 0 Å². The lowest BCUT2D eigenvalue weighted by Gasteiger charge is -2.16. The van der Waals surface area contributed by atoms with Gasteiger partial charge in [0.2, 0.25) is 0 Å². The maximum absolute atomic E-state index is 5.67. The number of halogens is 2. The molecule has 2 rings (SSSR count). The highest BCUT2D eigenvalue weighted by molar-refractivity contribution is 9.10. The Bertz CT molecular complexity index is 679. The van der Waals surface area contributed by atoms with Gasteiger partial charge < -0.3 is 14.8 Å². The standard InChI is InChI=1S/C21H26BrNO2.ClH/c1-4-12-25-21-19(22)13-18(14-20(21)24-3)15-23-16(2)10-11-17-8-6-5-7-9-17;/h4-9,13-14,16,23H,1,10-12,15H2,2-3H3;1H. The summed E-state index contributed by atoms with van der Waals surface area (Å²) in [4.78, 5) is 0. The van der Waals surface area contributed by atoms with Gasteiger partial charge in [0.15, 0.2) is 11.5 Å². The number of methoxy groups -OCH3 is 1. The highest BCUT2D eigenvalue weighted by atomic mass is 79.9. The molecule has 0 amide bonds. The van der Waals surface area contributed by atoms with Crippen LogP contribution >= 0.6 is 28.3 Å². The molecule has 0 aliphatic heterocycles. The molecule has 0 aliphatic carbocycles. The smallest absolute Gasteiger partial charge is 0.175 e. The zero-order valence-corrected chi connectivity index (χ0v) is 17.7. The van der Waals surface area contributed by atoms with E-state index in [-0.39, 0.29) is 12.4 Å². The lowest BCUT2D eigenvalue weighted by molar-refractivity contribution is 0.324. The van der Waals surface area contributed by atoms with Crippen LogP contribution in [-0.2, 0) is 13.0 Å². The maximum atomic E-state index is 5.67. The molecule has 0 bridgehead atoms. The maximum Gasteiger partial charge on any atom is 0.175 e. The fourth-order valence-corrected chi connectivity index (χ4v) is 3.18.